The van der Waals surface area contributed by atoms with Crippen molar-refractivity contribution in [2.75, 3.05) is 0 Å². The molecule has 1 saturated carbocycles. The minimum absolute atomic E-state index is 0.486. The van der Waals surface area contributed by atoms with E-state index in [0.717, 1.165) is 10.4 Å². The molecule has 0 amide bonds. The molecule has 1 aliphatic rings. The highest BCUT2D eigenvalue weighted by Gasteiger charge is 2.24. The van der Waals surface area contributed by atoms with Crippen molar-refractivity contribution < 1.29 is 0 Å². The van der Waals surface area contributed by atoms with Gasteiger partial charge in [0.05, 0.1) is 0 Å². The van der Waals surface area contributed by atoms with Crippen LogP contribution in [0.3, 0.4) is 0 Å². The van der Waals surface area contributed by atoms with E-state index in [1.54, 1.807) is 0 Å². The van der Waals surface area contributed by atoms with Crippen molar-refractivity contribution in [3.05, 3.63) is 32.7 Å². The molecule has 0 saturated heterocycles. The zero-order chi connectivity index (χ0) is 11.5. The summed E-state index contributed by atoms with van der Waals surface area (Å²) in [5.74, 6) is 0.791. The number of alkyl halides is 1. The van der Waals surface area contributed by atoms with E-state index < -0.39 is 0 Å². The second-order valence-corrected chi connectivity index (χ2v) is 7.22. The number of rotatable bonds is 2. The Bertz CT molecular complexity index is 356. The molecule has 1 aromatic rings. The average molecular weight is 411 g/mol. The maximum atomic E-state index is 3.88. The molecule has 0 radical (unpaired) electrons. The zero-order valence-corrected chi connectivity index (χ0v) is 13.8. The first-order valence-corrected chi connectivity index (χ1v) is 8.27. The highest BCUT2D eigenvalue weighted by molar-refractivity contribution is 9.11. The van der Waals surface area contributed by atoms with Crippen LogP contribution in [0.2, 0.25) is 0 Å². The van der Waals surface area contributed by atoms with Crippen LogP contribution < -0.4 is 0 Å². The number of halogens is 3. The van der Waals surface area contributed by atoms with Crippen molar-refractivity contribution in [3.8, 4) is 0 Å². The summed E-state index contributed by atoms with van der Waals surface area (Å²) in [6.07, 6.45) is 6.90. The summed E-state index contributed by atoms with van der Waals surface area (Å²) in [7, 11) is 0. The SMILES string of the molecule is Brc1ccc(Br)c(C(Br)C2CCCCC2)c1. The van der Waals surface area contributed by atoms with Gasteiger partial charge >= 0.3 is 0 Å². The van der Waals surface area contributed by atoms with Gasteiger partial charge in [-0.1, -0.05) is 67.1 Å². The normalized spacial score (nSPS) is 19.7. The molecule has 1 aliphatic carbocycles. The van der Waals surface area contributed by atoms with Crippen LogP contribution in [-0.2, 0) is 0 Å². The standard InChI is InChI=1S/C13H15Br3/c14-10-6-7-12(15)11(8-10)13(16)9-4-2-1-3-5-9/h6-9,13H,1-5H2. The van der Waals surface area contributed by atoms with Crippen LogP contribution in [0.4, 0.5) is 0 Å². The molecule has 0 heterocycles. The van der Waals surface area contributed by atoms with Gasteiger partial charge in [-0.05, 0) is 42.5 Å². The molecule has 0 spiro atoms. The van der Waals surface area contributed by atoms with Crippen LogP contribution in [0.15, 0.2) is 27.1 Å². The highest BCUT2D eigenvalue weighted by Crippen LogP contribution is 2.43. The van der Waals surface area contributed by atoms with Crippen molar-refractivity contribution >= 4 is 47.8 Å². The molecule has 2 rings (SSSR count). The number of hydrogen-bond donors (Lipinski definition) is 0. The molecule has 1 aromatic carbocycles. The van der Waals surface area contributed by atoms with E-state index in [2.05, 4.69) is 66.0 Å². The Hall–Kier alpha value is 0.660. The Kier molecular flexibility index (Phi) is 4.92. The smallest absolute Gasteiger partial charge is 0.0435 e. The molecule has 0 N–H and O–H groups in total. The topological polar surface area (TPSA) is 0 Å². The first-order valence-electron chi connectivity index (χ1n) is 5.77. The van der Waals surface area contributed by atoms with E-state index in [9.17, 15) is 0 Å². The van der Waals surface area contributed by atoms with E-state index in [1.165, 1.54) is 42.1 Å². The van der Waals surface area contributed by atoms with Gasteiger partial charge in [-0.2, -0.15) is 0 Å². The first-order chi connectivity index (χ1) is 7.68. The maximum Gasteiger partial charge on any atom is 0.0435 e. The molecule has 88 valence electrons. The molecule has 3 heteroatoms. The number of benzene rings is 1. The Morgan fingerprint density at radius 3 is 2.44 bits per heavy atom. The van der Waals surface area contributed by atoms with Crippen molar-refractivity contribution in [3.63, 3.8) is 0 Å². The summed E-state index contributed by atoms with van der Waals surface area (Å²) in [6.45, 7) is 0. The van der Waals surface area contributed by atoms with Crippen LogP contribution in [0, 0.1) is 5.92 Å². The minimum Gasteiger partial charge on any atom is -0.0835 e. The molecule has 1 unspecified atom stereocenters. The molecular weight excluding hydrogens is 396 g/mol. The van der Waals surface area contributed by atoms with Gasteiger partial charge in [0.15, 0.2) is 0 Å². The summed E-state index contributed by atoms with van der Waals surface area (Å²) in [5.41, 5.74) is 1.38. The van der Waals surface area contributed by atoms with Gasteiger partial charge in [-0.15, -0.1) is 0 Å². The van der Waals surface area contributed by atoms with Crippen LogP contribution >= 0.6 is 47.8 Å². The third-order valence-electron chi connectivity index (χ3n) is 3.32. The second-order valence-electron chi connectivity index (χ2n) is 4.47. The predicted octanol–water partition coefficient (Wildman–Crippen LogP) is 6.23. The lowest BCUT2D eigenvalue weighted by Crippen LogP contribution is -2.12. The largest absolute Gasteiger partial charge is 0.0835 e. The van der Waals surface area contributed by atoms with Crippen molar-refractivity contribution in [1.82, 2.24) is 0 Å². The summed E-state index contributed by atoms with van der Waals surface area (Å²) in [5, 5.41) is 0. The Balaban J connectivity index is 2.18. The summed E-state index contributed by atoms with van der Waals surface area (Å²) >= 11 is 11.1. The number of hydrogen-bond acceptors (Lipinski definition) is 0. The molecule has 16 heavy (non-hydrogen) atoms. The lowest BCUT2D eigenvalue weighted by molar-refractivity contribution is 0.354. The van der Waals surface area contributed by atoms with Gasteiger partial charge in [0.2, 0.25) is 0 Å². The minimum atomic E-state index is 0.486. The van der Waals surface area contributed by atoms with Gasteiger partial charge in [0, 0.05) is 13.8 Å². The summed E-state index contributed by atoms with van der Waals surface area (Å²) < 4.78 is 2.37. The fraction of sp³-hybridized carbons (Fsp3) is 0.538. The average Bonchev–Trinajstić information content (AvgIpc) is 2.32. The fourth-order valence-electron chi connectivity index (χ4n) is 2.41. The third kappa shape index (κ3) is 3.11. The zero-order valence-electron chi connectivity index (χ0n) is 9.06. The van der Waals surface area contributed by atoms with Crippen molar-refractivity contribution in [2.24, 2.45) is 5.92 Å². The fourth-order valence-corrected chi connectivity index (χ4v) is 4.49. The van der Waals surface area contributed by atoms with E-state index in [4.69, 9.17) is 0 Å². The van der Waals surface area contributed by atoms with E-state index in [1.807, 2.05) is 0 Å². The molecular formula is C13H15Br3. The predicted molar refractivity (Wildman–Crippen MR) is 80.1 cm³/mol. The summed E-state index contributed by atoms with van der Waals surface area (Å²) in [6, 6.07) is 6.42. The van der Waals surface area contributed by atoms with E-state index >= 15 is 0 Å². The van der Waals surface area contributed by atoms with Gasteiger partial charge in [0.1, 0.15) is 0 Å². The molecule has 0 nitrogen and oxygen atoms in total. The van der Waals surface area contributed by atoms with E-state index in [0.29, 0.717) is 4.83 Å². The van der Waals surface area contributed by atoms with Gasteiger partial charge in [-0.25, -0.2) is 0 Å². The van der Waals surface area contributed by atoms with Crippen molar-refractivity contribution in [1.29, 1.82) is 0 Å². The third-order valence-corrected chi connectivity index (χ3v) is 5.78. The molecule has 0 bridgehead atoms. The van der Waals surface area contributed by atoms with Crippen LogP contribution in [0.1, 0.15) is 42.5 Å². The first kappa shape index (κ1) is 13.1. The van der Waals surface area contributed by atoms with E-state index in [-0.39, 0.29) is 0 Å². The van der Waals surface area contributed by atoms with Crippen LogP contribution in [-0.4, -0.2) is 0 Å². The molecule has 1 fully saturated rings. The lowest BCUT2D eigenvalue weighted by atomic mass is 9.85. The summed E-state index contributed by atoms with van der Waals surface area (Å²) in [4.78, 5) is 0.486. The van der Waals surface area contributed by atoms with Crippen molar-refractivity contribution in [2.45, 2.75) is 36.9 Å². The second kappa shape index (κ2) is 6.01. The Morgan fingerprint density at radius 1 is 1.06 bits per heavy atom. The molecule has 0 aromatic heterocycles. The monoisotopic (exact) mass is 408 g/mol. The molecule has 0 aliphatic heterocycles. The highest BCUT2D eigenvalue weighted by atomic mass is 79.9. The Labute approximate surface area is 123 Å². The van der Waals surface area contributed by atoms with Gasteiger partial charge in [0.25, 0.3) is 0 Å². The van der Waals surface area contributed by atoms with Gasteiger partial charge < -0.3 is 0 Å². The quantitative estimate of drug-likeness (QED) is 0.507. The van der Waals surface area contributed by atoms with Gasteiger partial charge in [-0.3, -0.25) is 0 Å². The van der Waals surface area contributed by atoms with Crippen LogP contribution in [0.25, 0.3) is 0 Å². The lowest BCUT2D eigenvalue weighted by Gasteiger charge is -2.27. The molecule has 1 atom stereocenters. The van der Waals surface area contributed by atoms with Crippen LogP contribution in [0.5, 0.6) is 0 Å². The Morgan fingerprint density at radius 2 is 1.75 bits per heavy atom. The maximum absolute atomic E-state index is 3.88.